The summed E-state index contributed by atoms with van der Waals surface area (Å²) < 4.78 is 6.26. The van der Waals surface area contributed by atoms with Crippen molar-refractivity contribution in [2.24, 2.45) is 5.92 Å². The summed E-state index contributed by atoms with van der Waals surface area (Å²) in [7, 11) is 0. The van der Waals surface area contributed by atoms with Crippen molar-refractivity contribution in [2.45, 2.75) is 89.5 Å². The number of rotatable bonds is 3. The standard InChI is InChI=1S/C18H34N2O/c1-14-12-20(13-16-9-10-18(2,3)21-16)17(11-19-14)15-7-5-4-6-8-15/h14-17,19H,4-13H2,1-3H3. The van der Waals surface area contributed by atoms with E-state index in [1.54, 1.807) is 0 Å². The third-order valence-electron chi connectivity index (χ3n) is 5.84. The van der Waals surface area contributed by atoms with Gasteiger partial charge in [-0.1, -0.05) is 19.3 Å². The highest BCUT2D eigenvalue weighted by Gasteiger charge is 2.37. The molecule has 0 aromatic rings. The Morgan fingerprint density at radius 3 is 2.57 bits per heavy atom. The first-order chi connectivity index (χ1) is 10.0. The van der Waals surface area contributed by atoms with Crippen molar-refractivity contribution in [3.8, 4) is 0 Å². The Bertz CT molecular complexity index is 338. The van der Waals surface area contributed by atoms with E-state index in [0.29, 0.717) is 12.1 Å². The van der Waals surface area contributed by atoms with E-state index in [1.165, 1.54) is 58.0 Å². The fourth-order valence-electron chi connectivity index (χ4n) is 4.66. The van der Waals surface area contributed by atoms with E-state index >= 15 is 0 Å². The molecule has 1 aliphatic carbocycles. The lowest BCUT2D eigenvalue weighted by molar-refractivity contribution is -0.0443. The fraction of sp³-hybridized carbons (Fsp3) is 1.00. The first-order valence-electron chi connectivity index (χ1n) is 9.19. The summed E-state index contributed by atoms with van der Waals surface area (Å²) in [5.74, 6) is 0.910. The second-order valence-corrected chi connectivity index (χ2v) is 8.27. The van der Waals surface area contributed by atoms with Crippen molar-refractivity contribution < 1.29 is 4.74 Å². The SMILES string of the molecule is CC1CN(CC2CCC(C)(C)O2)C(C2CCCCC2)CN1. The average molecular weight is 294 g/mol. The van der Waals surface area contributed by atoms with Gasteiger partial charge in [-0.2, -0.15) is 0 Å². The van der Waals surface area contributed by atoms with Crippen LogP contribution in [0, 0.1) is 5.92 Å². The van der Waals surface area contributed by atoms with Gasteiger partial charge in [0, 0.05) is 31.7 Å². The lowest BCUT2D eigenvalue weighted by Gasteiger charge is -2.45. The highest BCUT2D eigenvalue weighted by atomic mass is 16.5. The van der Waals surface area contributed by atoms with Crippen LogP contribution in [-0.2, 0) is 4.74 Å². The summed E-state index contributed by atoms with van der Waals surface area (Å²) in [4.78, 5) is 2.77. The molecule has 122 valence electrons. The molecule has 1 saturated carbocycles. The molecule has 0 bridgehead atoms. The molecule has 3 nitrogen and oxygen atoms in total. The van der Waals surface area contributed by atoms with Gasteiger partial charge in [-0.25, -0.2) is 0 Å². The molecular formula is C18H34N2O. The highest BCUT2D eigenvalue weighted by Crippen LogP contribution is 2.33. The van der Waals surface area contributed by atoms with E-state index in [0.717, 1.165) is 18.5 Å². The zero-order chi connectivity index (χ0) is 14.9. The van der Waals surface area contributed by atoms with Gasteiger partial charge in [0.05, 0.1) is 11.7 Å². The molecule has 1 N–H and O–H groups in total. The lowest BCUT2D eigenvalue weighted by Crippen LogP contribution is -2.59. The van der Waals surface area contributed by atoms with Gasteiger partial charge in [-0.3, -0.25) is 4.90 Å². The van der Waals surface area contributed by atoms with Crippen molar-refractivity contribution >= 4 is 0 Å². The summed E-state index contributed by atoms with van der Waals surface area (Å²) in [6.45, 7) is 10.3. The lowest BCUT2D eigenvalue weighted by atomic mass is 9.82. The maximum absolute atomic E-state index is 6.26. The van der Waals surface area contributed by atoms with E-state index in [-0.39, 0.29) is 5.60 Å². The van der Waals surface area contributed by atoms with Gasteiger partial charge in [0.2, 0.25) is 0 Å². The van der Waals surface area contributed by atoms with Crippen molar-refractivity contribution in [3.63, 3.8) is 0 Å². The summed E-state index contributed by atoms with van der Waals surface area (Å²) >= 11 is 0. The van der Waals surface area contributed by atoms with Crippen LogP contribution in [0.4, 0.5) is 0 Å². The van der Waals surface area contributed by atoms with Crippen molar-refractivity contribution in [1.82, 2.24) is 10.2 Å². The summed E-state index contributed by atoms with van der Waals surface area (Å²) in [5, 5.41) is 3.72. The number of piperazine rings is 1. The van der Waals surface area contributed by atoms with E-state index in [9.17, 15) is 0 Å². The molecule has 0 aromatic carbocycles. The van der Waals surface area contributed by atoms with Crippen LogP contribution in [0.15, 0.2) is 0 Å². The molecule has 2 aliphatic heterocycles. The van der Waals surface area contributed by atoms with Crippen molar-refractivity contribution in [3.05, 3.63) is 0 Å². The predicted octanol–water partition coefficient (Wildman–Crippen LogP) is 3.19. The summed E-state index contributed by atoms with van der Waals surface area (Å²) in [6.07, 6.45) is 10.1. The van der Waals surface area contributed by atoms with Gasteiger partial charge in [0.25, 0.3) is 0 Å². The topological polar surface area (TPSA) is 24.5 Å². The number of hydrogen-bond acceptors (Lipinski definition) is 3. The molecule has 2 saturated heterocycles. The van der Waals surface area contributed by atoms with Gasteiger partial charge < -0.3 is 10.1 Å². The fourth-order valence-corrected chi connectivity index (χ4v) is 4.66. The normalized spacial score (nSPS) is 38.7. The quantitative estimate of drug-likeness (QED) is 0.865. The smallest absolute Gasteiger partial charge is 0.0710 e. The molecule has 2 heterocycles. The minimum absolute atomic E-state index is 0.102. The highest BCUT2D eigenvalue weighted by molar-refractivity contribution is 4.92. The first-order valence-corrected chi connectivity index (χ1v) is 9.19. The largest absolute Gasteiger partial charge is 0.371 e. The molecule has 3 aliphatic rings. The molecule has 0 aromatic heterocycles. The van der Waals surface area contributed by atoms with Crippen LogP contribution in [0.2, 0.25) is 0 Å². The Labute approximate surface area is 130 Å². The Morgan fingerprint density at radius 2 is 1.90 bits per heavy atom. The molecule has 3 fully saturated rings. The second-order valence-electron chi connectivity index (χ2n) is 8.27. The summed E-state index contributed by atoms with van der Waals surface area (Å²) in [5.41, 5.74) is 0.102. The maximum Gasteiger partial charge on any atom is 0.0710 e. The molecular weight excluding hydrogens is 260 g/mol. The zero-order valence-corrected chi connectivity index (χ0v) is 14.2. The van der Waals surface area contributed by atoms with Gasteiger partial charge >= 0.3 is 0 Å². The number of hydrogen-bond donors (Lipinski definition) is 1. The van der Waals surface area contributed by atoms with Crippen molar-refractivity contribution in [2.75, 3.05) is 19.6 Å². The molecule has 0 spiro atoms. The Balaban J connectivity index is 1.61. The molecule has 3 rings (SSSR count). The maximum atomic E-state index is 6.26. The van der Waals surface area contributed by atoms with E-state index in [2.05, 4.69) is 31.0 Å². The van der Waals surface area contributed by atoms with Crippen LogP contribution in [0.1, 0.15) is 65.7 Å². The van der Waals surface area contributed by atoms with Gasteiger partial charge in [0.1, 0.15) is 0 Å². The van der Waals surface area contributed by atoms with Crippen LogP contribution in [0.25, 0.3) is 0 Å². The monoisotopic (exact) mass is 294 g/mol. The molecule has 21 heavy (non-hydrogen) atoms. The predicted molar refractivity (Wildman–Crippen MR) is 87.6 cm³/mol. The molecule has 3 heteroatoms. The van der Waals surface area contributed by atoms with E-state index in [4.69, 9.17) is 4.74 Å². The zero-order valence-electron chi connectivity index (χ0n) is 14.2. The number of ether oxygens (including phenoxy) is 1. The Kier molecular flexibility index (Phi) is 4.92. The third-order valence-corrected chi connectivity index (χ3v) is 5.84. The van der Waals surface area contributed by atoms with Crippen LogP contribution >= 0.6 is 0 Å². The van der Waals surface area contributed by atoms with Crippen LogP contribution in [0.3, 0.4) is 0 Å². The van der Waals surface area contributed by atoms with Crippen molar-refractivity contribution in [1.29, 1.82) is 0 Å². The Hall–Kier alpha value is -0.120. The molecule has 3 unspecified atom stereocenters. The molecule has 0 amide bonds. The number of nitrogens with one attached hydrogen (secondary N) is 1. The number of nitrogens with zero attached hydrogens (tertiary/aromatic N) is 1. The van der Waals surface area contributed by atoms with E-state index in [1.807, 2.05) is 0 Å². The minimum atomic E-state index is 0.102. The minimum Gasteiger partial charge on any atom is -0.371 e. The first kappa shape index (κ1) is 15.8. The molecule has 0 radical (unpaired) electrons. The van der Waals surface area contributed by atoms with Crippen LogP contribution in [0.5, 0.6) is 0 Å². The van der Waals surface area contributed by atoms with Gasteiger partial charge in [-0.15, -0.1) is 0 Å². The third kappa shape index (κ3) is 4.00. The van der Waals surface area contributed by atoms with Gasteiger partial charge in [0.15, 0.2) is 0 Å². The summed E-state index contributed by atoms with van der Waals surface area (Å²) in [6, 6.07) is 1.37. The Morgan fingerprint density at radius 1 is 1.14 bits per heavy atom. The molecule has 3 atom stereocenters. The van der Waals surface area contributed by atoms with Crippen LogP contribution in [-0.4, -0.2) is 48.3 Å². The van der Waals surface area contributed by atoms with Crippen LogP contribution < -0.4 is 5.32 Å². The van der Waals surface area contributed by atoms with Gasteiger partial charge in [-0.05, 0) is 52.4 Å². The average Bonchev–Trinajstić information content (AvgIpc) is 2.79. The second kappa shape index (κ2) is 6.55. The van der Waals surface area contributed by atoms with E-state index < -0.39 is 0 Å².